The molecule has 0 bridgehead atoms. The van der Waals surface area contributed by atoms with Crippen LogP contribution in [0.5, 0.6) is 0 Å². The van der Waals surface area contributed by atoms with Crippen LogP contribution >= 0.6 is 11.3 Å². The maximum atomic E-state index is 12.2. The van der Waals surface area contributed by atoms with Crippen molar-refractivity contribution < 1.29 is 4.79 Å². The van der Waals surface area contributed by atoms with E-state index in [0.717, 1.165) is 35.4 Å². The second-order valence-electron chi connectivity index (χ2n) is 5.70. The third-order valence-electron chi connectivity index (χ3n) is 4.08. The van der Waals surface area contributed by atoms with Gasteiger partial charge in [-0.2, -0.15) is 5.10 Å². The van der Waals surface area contributed by atoms with Gasteiger partial charge in [-0.3, -0.25) is 9.59 Å². The fraction of sp³-hybridized carbons (Fsp3) is 0.438. The third-order valence-corrected chi connectivity index (χ3v) is 5.08. The SMILES string of the molecule is Cc1ccc(C(=O)NC2CCC(n3ncccc3=O)CC2)s1. The summed E-state index contributed by atoms with van der Waals surface area (Å²) in [6.07, 6.45) is 5.14. The molecule has 0 aromatic carbocycles. The van der Waals surface area contributed by atoms with Gasteiger partial charge >= 0.3 is 0 Å². The molecule has 1 saturated carbocycles. The molecule has 2 aromatic rings. The summed E-state index contributed by atoms with van der Waals surface area (Å²) in [6, 6.07) is 7.36. The van der Waals surface area contributed by atoms with Crippen molar-refractivity contribution in [2.45, 2.75) is 44.7 Å². The van der Waals surface area contributed by atoms with E-state index in [1.165, 1.54) is 11.3 Å². The lowest BCUT2D eigenvalue weighted by molar-refractivity contribution is 0.0925. The van der Waals surface area contributed by atoms with E-state index in [1.807, 2.05) is 19.1 Å². The average Bonchev–Trinajstić information content (AvgIpc) is 2.95. The van der Waals surface area contributed by atoms with Gasteiger partial charge in [-0.25, -0.2) is 4.68 Å². The molecule has 1 aliphatic rings. The van der Waals surface area contributed by atoms with Crippen LogP contribution in [-0.4, -0.2) is 21.7 Å². The van der Waals surface area contributed by atoms with Gasteiger partial charge in [-0.1, -0.05) is 0 Å². The molecule has 0 radical (unpaired) electrons. The minimum atomic E-state index is -0.0518. The van der Waals surface area contributed by atoms with Crippen molar-refractivity contribution in [3.8, 4) is 0 Å². The Balaban J connectivity index is 1.57. The maximum absolute atomic E-state index is 12.2. The summed E-state index contributed by atoms with van der Waals surface area (Å²) in [7, 11) is 0. The fourth-order valence-corrected chi connectivity index (χ4v) is 3.69. The van der Waals surface area contributed by atoms with Crippen LogP contribution in [0.4, 0.5) is 0 Å². The summed E-state index contributed by atoms with van der Waals surface area (Å²) in [5.41, 5.74) is -0.0518. The number of hydrogen-bond acceptors (Lipinski definition) is 4. The molecule has 0 unspecified atom stereocenters. The number of aromatic nitrogens is 2. The normalized spacial score (nSPS) is 21.5. The highest BCUT2D eigenvalue weighted by molar-refractivity contribution is 7.13. The summed E-state index contributed by atoms with van der Waals surface area (Å²) in [4.78, 5) is 25.9. The van der Waals surface area contributed by atoms with Crippen molar-refractivity contribution >= 4 is 17.2 Å². The van der Waals surface area contributed by atoms with Gasteiger partial charge in [0.1, 0.15) is 0 Å². The highest BCUT2D eigenvalue weighted by Gasteiger charge is 2.25. The largest absolute Gasteiger partial charge is 0.349 e. The topological polar surface area (TPSA) is 64.0 Å². The van der Waals surface area contributed by atoms with Crippen molar-refractivity contribution in [1.29, 1.82) is 0 Å². The molecule has 0 aliphatic heterocycles. The molecule has 0 spiro atoms. The molecular formula is C16H19N3O2S. The second-order valence-corrected chi connectivity index (χ2v) is 6.98. The number of nitrogens with one attached hydrogen (secondary N) is 1. The first-order valence-electron chi connectivity index (χ1n) is 7.54. The number of hydrogen-bond donors (Lipinski definition) is 1. The number of carbonyl (C=O) groups excluding carboxylic acids is 1. The van der Waals surface area contributed by atoms with Crippen LogP contribution in [0.3, 0.4) is 0 Å². The zero-order chi connectivity index (χ0) is 15.5. The summed E-state index contributed by atoms with van der Waals surface area (Å²) in [6.45, 7) is 2.00. The molecule has 2 aromatic heterocycles. The second kappa shape index (κ2) is 6.44. The van der Waals surface area contributed by atoms with Gasteiger partial charge < -0.3 is 5.32 Å². The smallest absolute Gasteiger partial charge is 0.266 e. The first-order chi connectivity index (χ1) is 10.6. The molecular weight excluding hydrogens is 298 g/mol. The number of rotatable bonds is 3. The monoisotopic (exact) mass is 317 g/mol. The molecule has 1 N–H and O–H groups in total. The van der Waals surface area contributed by atoms with E-state index < -0.39 is 0 Å². The van der Waals surface area contributed by atoms with Crippen LogP contribution in [-0.2, 0) is 0 Å². The minimum absolute atomic E-state index is 0.0107. The van der Waals surface area contributed by atoms with Gasteiger partial charge in [0, 0.05) is 23.2 Å². The highest BCUT2D eigenvalue weighted by atomic mass is 32.1. The Morgan fingerprint density at radius 2 is 2.05 bits per heavy atom. The molecule has 22 heavy (non-hydrogen) atoms. The molecule has 1 aliphatic carbocycles. The van der Waals surface area contributed by atoms with Gasteiger partial charge in [0.2, 0.25) is 0 Å². The van der Waals surface area contributed by atoms with Gasteiger partial charge in [0.25, 0.3) is 11.5 Å². The Hall–Kier alpha value is -1.95. The quantitative estimate of drug-likeness (QED) is 0.946. The molecule has 5 nitrogen and oxygen atoms in total. The van der Waals surface area contributed by atoms with E-state index in [2.05, 4.69) is 10.4 Å². The van der Waals surface area contributed by atoms with Crippen LogP contribution in [0.25, 0.3) is 0 Å². The lowest BCUT2D eigenvalue weighted by Gasteiger charge is -2.29. The molecule has 0 saturated heterocycles. The van der Waals surface area contributed by atoms with Crippen LogP contribution in [0.15, 0.2) is 35.3 Å². The van der Waals surface area contributed by atoms with Crippen molar-refractivity contribution in [3.05, 3.63) is 50.6 Å². The Morgan fingerprint density at radius 3 is 2.68 bits per heavy atom. The Bertz CT molecular complexity index is 714. The number of thiophene rings is 1. The zero-order valence-corrected chi connectivity index (χ0v) is 13.3. The van der Waals surface area contributed by atoms with Crippen LogP contribution in [0.2, 0.25) is 0 Å². The molecule has 116 valence electrons. The van der Waals surface area contributed by atoms with Crippen molar-refractivity contribution in [3.63, 3.8) is 0 Å². The highest BCUT2D eigenvalue weighted by Crippen LogP contribution is 2.27. The fourth-order valence-electron chi connectivity index (χ4n) is 2.92. The Kier molecular flexibility index (Phi) is 4.38. The summed E-state index contributed by atoms with van der Waals surface area (Å²) < 4.78 is 1.57. The van der Waals surface area contributed by atoms with Gasteiger partial charge in [-0.05, 0) is 50.8 Å². The van der Waals surface area contributed by atoms with E-state index in [9.17, 15) is 9.59 Å². The third kappa shape index (κ3) is 3.27. The standard InChI is InChI=1S/C16H19N3O2S/c1-11-4-9-14(22-11)16(21)18-12-5-7-13(8-6-12)19-15(20)3-2-10-17-19/h2-4,9-10,12-13H,5-8H2,1H3,(H,18,21). The minimum Gasteiger partial charge on any atom is -0.349 e. The maximum Gasteiger partial charge on any atom is 0.266 e. The Morgan fingerprint density at radius 1 is 1.27 bits per heavy atom. The summed E-state index contributed by atoms with van der Waals surface area (Å²) in [5.74, 6) is 0.0107. The van der Waals surface area contributed by atoms with Gasteiger partial charge in [0.15, 0.2) is 0 Å². The lowest BCUT2D eigenvalue weighted by Crippen LogP contribution is -2.39. The van der Waals surface area contributed by atoms with Gasteiger partial charge in [-0.15, -0.1) is 11.3 Å². The molecule has 3 rings (SSSR count). The summed E-state index contributed by atoms with van der Waals surface area (Å²) in [5, 5.41) is 7.26. The average molecular weight is 317 g/mol. The van der Waals surface area contributed by atoms with E-state index in [1.54, 1.807) is 23.0 Å². The Labute approximate surface area is 133 Å². The molecule has 1 fully saturated rings. The molecule has 1 amide bonds. The van der Waals surface area contributed by atoms with Crippen LogP contribution < -0.4 is 10.9 Å². The number of carbonyl (C=O) groups is 1. The van der Waals surface area contributed by atoms with Crippen molar-refractivity contribution in [2.75, 3.05) is 0 Å². The molecule has 0 atom stereocenters. The number of amides is 1. The number of nitrogens with zero attached hydrogens (tertiary/aromatic N) is 2. The van der Waals surface area contributed by atoms with E-state index in [4.69, 9.17) is 0 Å². The molecule has 2 heterocycles. The van der Waals surface area contributed by atoms with E-state index in [0.29, 0.717) is 0 Å². The van der Waals surface area contributed by atoms with Crippen molar-refractivity contribution in [1.82, 2.24) is 15.1 Å². The predicted octanol–water partition coefficient (Wildman–Crippen LogP) is 2.53. The van der Waals surface area contributed by atoms with E-state index >= 15 is 0 Å². The van der Waals surface area contributed by atoms with Crippen LogP contribution in [0.1, 0.15) is 46.3 Å². The first kappa shape index (κ1) is 15.0. The van der Waals surface area contributed by atoms with Gasteiger partial charge in [0.05, 0.1) is 10.9 Å². The van der Waals surface area contributed by atoms with E-state index in [-0.39, 0.29) is 23.6 Å². The van der Waals surface area contributed by atoms with Crippen LogP contribution in [0, 0.1) is 6.92 Å². The predicted molar refractivity (Wildman–Crippen MR) is 86.3 cm³/mol. The van der Waals surface area contributed by atoms with Crippen molar-refractivity contribution in [2.24, 2.45) is 0 Å². The first-order valence-corrected chi connectivity index (χ1v) is 8.36. The summed E-state index contributed by atoms with van der Waals surface area (Å²) >= 11 is 1.52. The lowest BCUT2D eigenvalue weighted by atomic mass is 9.91. The zero-order valence-electron chi connectivity index (χ0n) is 12.5. The number of aryl methyl sites for hydroxylation is 1. The molecule has 6 heteroatoms.